The summed E-state index contributed by atoms with van der Waals surface area (Å²) in [5.41, 5.74) is 1.03. The second-order valence-electron chi connectivity index (χ2n) is 3.21. The summed E-state index contributed by atoms with van der Waals surface area (Å²) in [6.07, 6.45) is 1.92. The summed E-state index contributed by atoms with van der Waals surface area (Å²) in [6.45, 7) is 0. The summed E-state index contributed by atoms with van der Waals surface area (Å²) in [5.74, 6) is 0.407. The number of aromatic hydroxyl groups is 1. The van der Waals surface area contributed by atoms with Gasteiger partial charge in [-0.25, -0.2) is 0 Å². The van der Waals surface area contributed by atoms with Gasteiger partial charge in [-0.05, 0) is 35.9 Å². The van der Waals surface area contributed by atoms with Crippen LogP contribution in [0.2, 0.25) is 0 Å². The number of rotatable bonds is 3. The van der Waals surface area contributed by atoms with E-state index < -0.39 is 0 Å². The monoisotopic (exact) mass is 204 g/mol. The van der Waals surface area contributed by atoms with Gasteiger partial charge in [0.25, 0.3) is 0 Å². The highest BCUT2D eigenvalue weighted by molar-refractivity contribution is 7.09. The van der Waals surface area contributed by atoms with Crippen LogP contribution in [0.15, 0.2) is 41.8 Å². The van der Waals surface area contributed by atoms with E-state index in [2.05, 4.69) is 17.5 Å². The van der Waals surface area contributed by atoms with Crippen LogP contribution in [0, 0.1) is 0 Å². The largest absolute Gasteiger partial charge is 0.508 e. The lowest BCUT2D eigenvalue weighted by molar-refractivity contribution is 0.468. The quantitative estimate of drug-likeness (QED) is 0.813. The molecule has 0 amide bonds. The van der Waals surface area contributed by atoms with Gasteiger partial charge in [-0.3, -0.25) is 0 Å². The topological polar surface area (TPSA) is 20.2 Å². The first-order chi connectivity index (χ1) is 6.86. The Bertz CT molecular complexity index is 392. The van der Waals surface area contributed by atoms with Gasteiger partial charge in [0.2, 0.25) is 0 Å². The summed E-state index contributed by atoms with van der Waals surface area (Å²) >= 11 is 1.77. The Morgan fingerprint density at radius 1 is 1.00 bits per heavy atom. The van der Waals surface area contributed by atoms with E-state index in [-0.39, 0.29) is 0 Å². The average Bonchev–Trinajstić information content (AvgIpc) is 2.69. The van der Waals surface area contributed by atoms with Crippen LogP contribution in [-0.2, 0) is 12.8 Å². The molecule has 0 unspecified atom stereocenters. The molecule has 1 nitrogen and oxygen atoms in total. The minimum atomic E-state index is 0.407. The number of para-hydroxylation sites is 1. The third kappa shape index (κ3) is 2.15. The van der Waals surface area contributed by atoms with Crippen LogP contribution in [0.25, 0.3) is 0 Å². The van der Waals surface area contributed by atoms with Crippen LogP contribution in [0.1, 0.15) is 10.4 Å². The SMILES string of the molecule is Oc1ccccc1CCc1cccs1. The first kappa shape index (κ1) is 9.28. The van der Waals surface area contributed by atoms with Gasteiger partial charge >= 0.3 is 0 Å². The molecule has 0 fully saturated rings. The second kappa shape index (κ2) is 4.29. The summed E-state index contributed by atoms with van der Waals surface area (Å²) < 4.78 is 0. The van der Waals surface area contributed by atoms with Gasteiger partial charge in [0.1, 0.15) is 5.75 Å². The molecule has 0 spiro atoms. The lowest BCUT2D eigenvalue weighted by atomic mass is 10.1. The fraction of sp³-hybridized carbons (Fsp3) is 0.167. The molecule has 14 heavy (non-hydrogen) atoms. The van der Waals surface area contributed by atoms with Gasteiger partial charge in [-0.1, -0.05) is 24.3 Å². The Morgan fingerprint density at radius 3 is 2.57 bits per heavy atom. The zero-order valence-corrected chi connectivity index (χ0v) is 8.63. The van der Waals surface area contributed by atoms with Crippen molar-refractivity contribution in [2.75, 3.05) is 0 Å². The molecule has 1 aromatic heterocycles. The van der Waals surface area contributed by atoms with Crippen LogP contribution in [-0.4, -0.2) is 5.11 Å². The molecular formula is C12H12OS. The lowest BCUT2D eigenvalue weighted by Gasteiger charge is -2.02. The Hall–Kier alpha value is -1.28. The number of hydrogen-bond donors (Lipinski definition) is 1. The minimum Gasteiger partial charge on any atom is -0.508 e. The van der Waals surface area contributed by atoms with Crippen LogP contribution in [0.5, 0.6) is 5.75 Å². The van der Waals surface area contributed by atoms with E-state index in [4.69, 9.17) is 0 Å². The molecular weight excluding hydrogens is 192 g/mol. The van der Waals surface area contributed by atoms with Crippen molar-refractivity contribution in [1.82, 2.24) is 0 Å². The number of phenols is 1. The zero-order chi connectivity index (χ0) is 9.80. The normalized spacial score (nSPS) is 10.3. The molecule has 72 valence electrons. The standard InChI is InChI=1S/C12H12OS/c13-12-6-2-1-4-10(12)7-8-11-5-3-9-14-11/h1-6,9,13H,7-8H2. The van der Waals surface area contributed by atoms with Crippen LogP contribution >= 0.6 is 11.3 Å². The van der Waals surface area contributed by atoms with Crippen molar-refractivity contribution in [2.45, 2.75) is 12.8 Å². The maximum Gasteiger partial charge on any atom is 0.118 e. The van der Waals surface area contributed by atoms with Gasteiger partial charge in [0, 0.05) is 4.88 Å². The first-order valence-corrected chi connectivity index (χ1v) is 5.53. The Kier molecular flexibility index (Phi) is 2.84. The Labute approximate surface area is 87.7 Å². The maximum atomic E-state index is 9.54. The molecule has 0 saturated heterocycles. The Morgan fingerprint density at radius 2 is 1.86 bits per heavy atom. The fourth-order valence-corrected chi connectivity index (χ4v) is 2.14. The second-order valence-corrected chi connectivity index (χ2v) is 4.24. The molecule has 2 rings (SSSR count). The smallest absolute Gasteiger partial charge is 0.118 e. The molecule has 1 heterocycles. The van der Waals surface area contributed by atoms with Crippen molar-refractivity contribution in [2.24, 2.45) is 0 Å². The number of thiophene rings is 1. The predicted molar refractivity (Wildman–Crippen MR) is 59.8 cm³/mol. The predicted octanol–water partition coefficient (Wildman–Crippen LogP) is 3.24. The first-order valence-electron chi connectivity index (χ1n) is 4.65. The van der Waals surface area contributed by atoms with Gasteiger partial charge < -0.3 is 5.11 Å². The van der Waals surface area contributed by atoms with Crippen molar-refractivity contribution >= 4 is 11.3 Å². The molecule has 1 N–H and O–H groups in total. The third-order valence-electron chi connectivity index (χ3n) is 2.21. The number of aryl methyl sites for hydroxylation is 2. The van der Waals surface area contributed by atoms with Crippen LogP contribution < -0.4 is 0 Å². The van der Waals surface area contributed by atoms with Crippen LogP contribution in [0.3, 0.4) is 0 Å². The molecule has 0 atom stereocenters. The molecule has 0 bridgehead atoms. The average molecular weight is 204 g/mol. The summed E-state index contributed by atoms with van der Waals surface area (Å²) in [7, 11) is 0. The van der Waals surface area contributed by atoms with Crippen molar-refractivity contribution in [3.05, 3.63) is 52.2 Å². The van der Waals surface area contributed by atoms with Crippen molar-refractivity contribution < 1.29 is 5.11 Å². The van der Waals surface area contributed by atoms with Gasteiger partial charge in [-0.2, -0.15) is 0 Å². The van der Waals surface area contributed by atoms with Gasteiger partial charge in [-0.15, -0.1) is 11.3 Å². The maximum absolute atomic E-state index is 9.54. The molecule has 0 saturated carbocycles. The summed E-state index contributed by atoms with van der Waals surface area (Å²) in [4.78, 5) is 1.37. The summed E-state index contributed by atoms with van der Waals surface area (Å²) in [6, 6.07) is 11.7. The van der Waals surface area contributed by atoms with E-state index in [1.165, 1.54) is 4.88 Å². The number of benzene rings is 1. The van der Waals surface area contributed by atoms with E-state index in [1.54, 1.807) is 17.4 Å². The van der Waals surface area contributed by atoms with E-state index >= 15 is 0 Å². The molecule has 0 aliphatic carbocycles. The third-order valence-corrected chi connectivity index (χ3v) is 3.15. The van der Waals surface area contributed by atoms with Gasteiger partial charge in [0.15, 0.2) is 0 Å². The zero-order valence-electron chi connectivity index (χ0n) is 7.81. The number of hydrogen-bond acceptors (Lipinski definition) is 2. The minimum absolute atomic E-state index is 0.407. The lowest BCUT2D eigenvalue weighted by Crippen LogP contribution is -1.88. The molecule has 2 heteroatoms. The fourth-order valence-electron chi connectivity index (χ4n) is 1.43. The number of phenolic OH excluding ortho intramolecular Hbond substituents is 1. The Balaban J connectivity index is 2.02. The summed E-state index contributed by atoms with van der Waals surface area (Å²) in [5, 5.41) is 11.6. The van der Waals surface area contributed by atoms with Crippen LogP contribution in [0.4, 0.5) is 0 Å². The van der Waals surface area contributed by atoms with Gasteiger partial charge in [0.05, 0.1) is 0 Å². The highest BCUT2D eigenvalue weighted by Gasteiger charge is 2.00. The van der Waals surface area contributed by atoms with Crippen molar-refractivity contribution in [3.63, 3.8) is 0 Å². The molecule has 2 aromatic rings. The van der Waals surface area contributed by atoms with E-state index in [0.717, 1.165) is 18.4 Å². The molecule has 1 aromatic carbocycles. The van der Waals surface area contributed by atoms with E-state index in [1.807, 2.05) is 18.2 Å². The van der Waals surface area contributed by atoms with E-state index in [0.29, 0.717) is 5.75 Å². The van der Waals surface area contributed by atoms with E-state index in [9.17, 15) is 5.11 Å². The molecule has 0 aliphatic heterocycles. The highest BCUT2D eigenvalue weighted by Crippen LogP contribution is 2.19. The highest BCUT2D eigenvalue weighted by atomic mass is 32.1. The van der Waals surface area contributed by atoms with Crippen molar-refractivity contribution in [3.8, 4) is 5.75 Å². The molecule has 0 radical (unpaired) electrons. The van der Waals surface area contributed by atoms with Crippen molar-refractivity contribution in [1.29, 1.82) is 0 Å². The molecule has 0 aliphatic rings.